The van der Waals surface area contributed by atoms with Crippen molar-refractivity contribution in [3.8, 4) is 5.75 Å². The summed E-state index contributed by atoms with van der Waals surface area (Å²) in [5, 5.41) is 0. The van der Waals surface area contributed by atoms with Crippen molar-refractivity contribution >= 4 is 5.97 Å². The highest BCUT2D eigenvalue weighted by Gasteiger charge is 2.24. The van der Waals surface area contributed by atoms with Gasteiger partial charge < -0.3 is 10.5 Å². The van der Waals surface area contributed by atoms with Crippen LogP contribution in [0.5, 0.6) is 5.75 Å². The molecule has 100 valence electrons. The number of carbonyl (C=O) groups excluding carboxylic acids is 1. The maximum atomic E-state index is 11.8. The molecule has 3 heteroatoms. The van der Waals surface area contributed by atoms with Gasteiger partial charge in [0, 0.05) is 0 Å². The van der Waals surface area contributed by atoms with Gasteiger partial charge in [0.1, 0.15) is 5.75 Å². The van der Waals surface area contributed by atoms with Crippen molar-refractivity contribution in [1.29, 1.82) is 0 Å². The van der Waals surface area contributed by atoms with E-state index < -0.39 is 5.41 Å². The van der Waals surface area contributed by atoms with Gasteiger partial charge in [-0.2, -0.15) is 0 Å². The zero-order valence-corrected chi connectivity index (χ0v) is 11.9. The van der Waals surface area contributed by atoms with E-state index in [0.717, 1.165) is 5.56 Å². The van der Waals surface area contributed by atoms with Gasteiger partial charge in [0.2, 0.25) is 0 Å². The van der Waals surface area contributed by atoms with Crippen LogP contribution in [-0.2, 0) is 4.79 Å². The van der Waals surface area contributed by atoms with Crippen LogP contribution in [0.4, 0.5) is 0 Å². The first-order valence-corrected chi connectivity index (χ1v) is 6.28. The van der Waals surface area contributed by atoms with E-state index in [-0.39, 0.29) is 5.97 Å². The minimum Gasteiger partial charge on any atom is -0.426 e. The highest BCUT2D eigenvalue weighted by molar-refractivity contribution is 5.78. The summed E-state index contributed by atoms with van der Waals surface area (Å²) in [5.74, 6) is 0.726. The molecule has 1 aromatic rings. The van der Waals surface area contributed by atoms with Gasteiger partial charge in [0.05, 0.1) is 5.41 Å². The molecule has 0 bridgehead atoms. The van der Waals surface area contributed by atoms with Crippen LogP contribution in [0.3, 0.4) is 0 Å². The molecule has 0 amide bonds. The quantitative estimate of drug-likeness (QED) is 0.661. The fraction of sp³-hybridized carbons (Fsp3) is 0.533. The number of esters is 1. The SMILES string of the molecule is Cc1cc(C(C)CN)ccc1OC(=O)C(C)(C)C. The van der Waals surface area contributed by atoms with Gasteiger partial charge in [0.25, 0.3) is 0 Å². The first kappa shape index (κ1) is 14.7. The fourth-order valence-corrected chi connectivity index (χ4v) is 1.48. The smallest absolute Gasteiger partial charge is 0.316 e. The van der Waals surface area contributed by atoms with E-state index in [1.54, 1.807) is 0 Å². The summed E-state index contributed by atoms with van der Waals surface area (Å²) in [7, 11) is 0. The molecule has 1 atom stereocenters. The fourth-order valence-electron chi connectivity index (χ4n) is 1.48. The highest BCUT2D eigenvalue weighted by Crippen LogP contribution is 2.25. The summed E-state index contributed by atoms with van der Waals surface area (Å²) in [4.78, 5) is 11.8. The third kappa shape index (κ3) is 3.57. The second-order valence-corrected chi connectivity index (χ2v) is 5.80. The van der Waals surface area contributed by atoms with Gasteiger partial charge in [0.15, 0.2) is 0 Å². The number of aryl methyl sites for hydroxylation is 1. The molecule has 0 fully saturated rings. The van der Waals surface area contributed by atoms with Crippen LogP contribution in [-0.4, -0.2) is 12.5 Å². The van der Waals surface area contributed by atoms with E-state index in [0.29, 0.717) is 18.2 Å². The number of hydrogen-bond acceptors (Lipinski definition) is 3. The Morgan fingerprint density at radius 2 is 2.00 bits per heavy atom. The van der Waals surface area contributed by atoms with E-state index in [1.807, 2.05) is 45.9 Å². The molecule has 1 rings (SSSR count). The molecule has 0 aromatic heterocycles. The lowest BCUT2D eigenvalue weighted by Crippen LogP contribution is -2.25. The molecule has 0 heterocycles. The van der Waals surface area contributed by atoms with E-state index in [4.69, 9.17) is 10.5 Å². The summed E-state index contributed by atoms with van der Waals surface area (Å²) in [6.45, 7) is 10.2. The molecule has 0 radical (unpaired) electrons. The topological polar surface area (TPSA) is 52.3 Å². The molecule has 0 aliphatic heterocycles. The van der Waals surface area contributed by atoms with Crippen molar-refractivity contribution < 1.29 is 9.53 Å². The van der Waals surface area contributed by atoms with Crippen LogP contribution in [0.1, 0.15) is 44.7 Å². The lowest BCUT2D eigenvalue weighted by atomic mass is 9.97. The molecule has 0 saturated heterocycles. The molecule has 0 saturated carbocycles. The number of carbonyl (C=O) groups is 1. The molecule has 18 heavy (non-hydrogen) atoms. The van der Waals surface area contributed by atoms with Crippen LogP contribution < -0.4 is 10.5 Å². The molecular weight excluding hydrogens is 226 g/mol. The molecule has 3 nitrogen and oxygen atoms in total. The number of hydrogen-bond donors (Lipinski definition) is 1. The molecule has 1 unspecified atom stereocenters. The Balaban J connectivity index is 2.90. The normalized spacial score (nSPS) is 13.2. The van der Waals surface area contributed by atoms with Gasteiger partial charge in [-0.05, 0) is 57.4 Å². The van der Waals surface area contributed by atoms with Crippen molar-refractivity contribution in [3.63, 3.8) is 0 Å². The number of nitrogens with two attached hydrogens (primary N) is 1. The second-order valence-electron chi connectivity index (χ2n) is 5.80. The number of ether oxygens (including phenoxy) is 1. The molecular formula is C15H23NO2. The molecule has 0 aliphatic rings. The van der Waals surface area contributed by atoms with E-state index in [9.17, 15) is 4.79 Å². The monoisotopic (exact) mass is 249 g/mol. The number of benzene rings is 1. The summed E-state index contributed by atoms with van der Waals surface area (Å²) in [6.07, 6.45) is 0. The van der Waals surface area contributed by atoms with Gasteiger partial charge in [-0.1, -0.05) is 19.1 Å². The van der Waals surface area contributed by atoms with Gasteiger partial charge in [-0.25, -0.2) is 0 Å². The lowest BCUT2D eigenvalue weighted by Gasteiger charge is -2.18. The van der Waals surface area contributed by atoms with Crippen molar-refractivity contribution in [1.82, 2.24) is 0 Å². The molecule has 2 N–H and O–H groups in total. The van der Waals surface area contributed by atoms with Crippen LogP contribution >= 0.6 is 0 Å². The Morgan fingerprint density at radius 3 is 2.44 bits per heavy atom. The maximum absolute atomic E-state index is 11.8. The first-order valence-electron chi connectivity index (χ1n) is 6.28. The lowest BCUT2D eigenvalue weighted by molar-refractivity contribution is -0.143. The summed E-state index contributed by atoms with van der Waals surface area (Å²) in [6, 6.07) is 5.85. The second kappa shape index (κ2) is 5.53. The first-order chi connectivity index (χ1) is 8.25. The average Bonchev–Trinajstić information content (AvgIpc) is 2.29. The third-order valence-corrected chi connectivity index (χ3v) is 2.94. The van der Waals surface area contributed by atoms with Gasteiger partial charge >= 0.3 is 5.97 Å². The van der Waals surface area contributed by atoms with Crippen LogP contribution in [0, 0.1) is 12.3 Å². The Hall–Kier alpha value is -1.35. The minimum atomic E-state index is -0.490. The third-order valence-electron chi connectivity index (χ3n) is 2.94. The van der Waals surface area contributed by atoms with Crippen molar-refractivity contribution in [3.05, 3.63) is 29.3 Å². The maximum Gasteiger partial charge on any atom is 0.316 e. The Labute approximate surface area is 109 Å². The molecule has 0 aliphatic carbocycles. The zero-order valence-electron chi connectivity index (χ0n) is 11.9. The summed E-state index contributed by atoms with van der Waals surface area (Å²) >= 11 is 0. The van der Waals surface area contributed by atoms with E-state index in [2.05, 4.69) is 6.92 Å². The summed E-state index contributed by atoms with van der Waals surface area (Å²) in [5.41, 5.74) is 7.29. The van der Waals surface area contributed by atoms with Crippen LogP contribution in [0.2, 0.25) is 0 Å². The number of rotatable bonds is 3. The zero-order chi connectivity index (χ0) is 13.9. The van der Waals surface area contributed by atoms with E-state index >= 15 is 0 Å². The van der Waals surface area contributed by atoms with Crippen molar-refractivity contribution in [2.24, 2.45) is 11.1 Å². The summed E-state index contributed by atoms with van der Waals surface area (Å²) < 4.78 is 5.41. The van der Waals surface area contributed by atoms with Crippen LogP contribution in [0.15, 0.2) is 18.2 Å². The highest BCUT2D eigenvalue weighted by atomic mass is 16.5. The van der Waals surface area contributed by atoms with Gasteiger partial charge in [-0.15, -0.1) is 0 Å². The average molecular weight is 249 g/mol. The largest absolute Gasteiger partial charge is 0.426 e. The predicted molar refractivity (Wildman–Crippen MR) is 73.7 cm³/mol. The minimum absolute atomic E-state index is 0.217. The predicted octanol–water partition coefficient (Wildman–Crippen LogP) is 3.01. The van der Waals surface area contributed by atoms with Crippen LogP contribution in [0.25, 0.3) is 0 Å². The molecule has 0 spiro atoms. The Bertz CT molecular complexity index is 433. The van der Waals surface area contributed by atoms with Crippen molar-refractivity contribution in [2.75, 3.05) is 6.54 Å². The van der Waals surface area contributed by atoms with Gasteiger partial charge in [-0.3, -0.25) is 4.79 Å². The standard InChI is InChI=1S/C15H23NO2/c1-10-8-12(11(2)9-16)6-7-13(10)18-14(17)15(3,4)5/h6-8,11H,9,16H2,1-5H3. The van der Waals surface area contributed by atoms with Crippen molar-refractivity contribution in [2.45, 2.75) is 40.5 Å². The Kier molecular flexibility index (Phi) is 4.52. The Morgan fingerprint density at radius 1 is 1.39 bits per heavy atom. The van der Waals surface area contributed by atoms with E-state index in [1.165, 1.54) is 5.56 Å². The molecule has 1 aromatic carbocycles.